The minimum absolute atomic E-state index is 0.0309. The van der Waals surface area contributed by atoms with Crippen LogP contribution in [-0.2, 0) is 19.1 Å². The molecular formula is C31H41N3O5S. The number of esters is 1. The number of hydrogen-bond acceptors (Lipinski definition) is 7. The topological polar surface area (TPSA) is 90.4 Å². The van der Waals surface area contributed by atoms with Gasteiger partial charge in [0.1, 0.15) is 6.04 Å². The van der Waals surface area contributed by atoms with Crippen molar-refractivity contribution in [2.24, 2.45) is 17.8 Å². The summed E-state index contributed by atoms with van der Waals surface area (Å²) in [6.07, 6.45) is 9.37. The zero-order valence-corrected chi connectivity index (χ0v) is 24.7. The summed E-state index contributed by atoms with van der Waals surface area (Å²) >= 11 is 1.53. The van der Waals surface area contributed by atoms with E-state index in [1.54, 1.807) is 9.80 Å². The average Bonchev–Trinajstić information content (AvgIpc) is 3.33. The Morgan fingerprint density at radius 1 is 1.10 bits per heavy atom. The molecule has 1 N–H and O–H groups in total. The minimum atomic E-state index is -0.937. The molecule has 0 bridgehead atoms. The molecule has 2 saturated heterocycles. The van der Waals surface area contributed by atoms with Gasteiger partial charge in [-0.1, -0.05) is 44.6 Å². The van der Waals surface area contributed by atoms with Gasteiger partial charge < -0.3 is 24.5 Å². The van der Waals surface area contributed by atoms with E-state index in [1.807, 2.05) is 62.4 Å². The normalized spacial score (nSPS) is 31.1. The van der Waals surface area contributed by atoms with Crippen molar-refractivity contribution in [1.82, 2.24) is 4.90 Å². The van der Waals surface area contributed by atoms with Crippen molar-refractivity contribution in [1.29, 1.82) is 0 Å². The summed E-state index contributed by atoms with van der Waals surface area (Å²) in [5.74, 6) is -2.27. The second-order valence-electron chi connectivity index (χ2n) is 11.1. The maximum Gasteiger partial charge on any atom is 0.311 e. The minimum Gasteiger partial charge on any atom is -0.465 e. The summed E-state index contributed by atoms with van der Waals surface area (Å²) in [4.78, 5) is 48.0. The van der Waals surface area contributed by atoms with E-state index in [-0.39, 0.29) is 42.2 Å². The third-order valence-electron chi connectivity index (χ3n) is 9.19. The first kappa shape index (κ1) is 28.7. The number of aliphatic hydroxyl groups is 1. The second-order valence-corrected chi connectivity index (χ2v) is 12.6. The van der Waals surface area contributed by atoms with E-state index in [2.05, 4.69) is 18.7 Å². The number of carbonyl (C=O) groups is 3. The third kappa shape index (κ3) is 4.55. The van der Waals surface area contributed by atoms with Crippen LogP contribution in [0.1, 0.15) is 40.5 Å². The second kappa shape index (κ2) is 11.6. The number of ether oxygens (including phenoxy) is 1. The molecule has 9 heteroatoms. The lowest BCUT2D eigenvalue weighted by Crippen LogP contribution is -2.58. The summed E-state index contributed by atoms with van der Waals surface area (Å²) in [6, 6.07) is 6.60. The Labute approximate surface area is 241 Å². The van der Waals surface area contributed by atoms with Crippen molar-refractivity contribution in [2.45, 2.75) is 62.6 Å². The molecule has 4 aliphatic heterocycles. The molecule has 1 aromatic carbocycles. The van der Waals surface area contributed by atoms with Crippen LogP contribution >= 0.6 is 11.8 Å². The number of aliphatic hydroxyl groups excluding tert-OH is 1. The summed E-state index contributed by atoms with van der Waals surface area (Å²) in [5, 5.41) is 10.3. The molecule has 7 atom stereocenters. The van der Waals surface area contributed by atoms with E-state index < -0.39 is 28.7 Å². The molecule has 40 heavy (non-hydrogen) atoms. The van der Waals surface area contributed by atoms with Crippen LogP contribution in [0.4, 0.5) is 11.4 Å². The first-order valence-electron chi connectivity index (χ1n) is 14.6. The highest BCUT2D eigenvalue weighted by molar-refractivity contribution is 8.02. The Morgan fingerprint density at radius 3 is 2.48 bits per heavy atom. The van der Waals surface area contributed by atoms with Gasteiger partial charge in [-0.05, 0) is 50.5 Å². The number of cyclic esters (lactones) is 1. The number of amides is 2. The van der Waals surface area contributed by atoms with Crippen LogP contribution in [0, 0.1) is 17.8 Å². The standard InChI is InChI=1S/C31H41N3O5S/c1-5-20(4)23(19-35)34-27-29(37)33(22-14-12-21(13-15-22)32(6-2)7-3)17-10-16-31(27)26(28(34)36)25-24(40-31)11-8-9-18-39-30(25)38/h8,10-16,20,23-27,35H,5-7,9,17-19H2,1-4H3/t20-,23-,24-,25+,26-,27?,31-/m0/s1. The molecule has 0 saturated carbocycles. The van der Waals surface area contributed by atoms with Crippen LogP contribution in [-0.4, -0.2) is 82.7 Å². The Kier molecular flexibility index (Phi) is 8.34. The summed E-state index contributed by atoms with van der Waals surface area (Å²) in [6.45, 7) is 10.4. The highest BCUT2D eigenvalue weighted by Crippen LogP contribution is 2.61. The van der Waals surface area contributed by atoms with Crippen molar-refractivity contribution < 1.29 is 24.2 Å². The van der Waals surface area contributed by atoms with Crippen LogP contribution in [0.3, 0.4) is 0 Å². The van der Waals surface area contributed by atoms with Gasteiger partial charge in [0, 0.05) is 36.3 Å². The van der Waals surface area contributed by atoms with Crippen LogP contribution in [0.5, 0.6) is 0 Å². The van der Waals surface area contributed by atoms with E-state index >= 15 is 0 Å². The summed E-state index contributed by atoms with van der Waals surface area (Å²) in [5.41, 5.74) is 1.85. The molecule has 1 aromatic rings. The molecule has 1 unspecified atom stereocenters. The molecule has 2 fully saturated rings. The van der Waals surface area contributed by atoms with E-state index in [0.717, 1.165) is 30.9 Å². The van der Waals surface area contributed by atoms with Gasteiger partial charge in [-0.25, -0.2) is 0 Å². The molecule has 1 spiro atoms. The zero-order valence-electron chi connectivity index (χ0n) is 23.9. The molecule has 5 rings (SSSR count). The maximum atomic E-state index is 14.7. The first-order valence-corrected chi connectivity index (χ1v) is 15.5. The lowest BCUT2D eigenvalue weighted by atomic mass is 9.78. The highest BCUT2D eigenvalue weighted by atomic mass is 32.2. The SMILES string of the molecule is CC[C@H](C)[C@H](CO)N1C(=O)[C@@H]2[C@@H]3C(=O)OCCC=C[C@@H]3S[C@@]23C=CCN(c2ccc(N(CC)CC)cc2)C(=O)C13. The smallest absolute Gasteiger partial charge is 0.311 e. The van der Waals surface area contributed by atoms with Gasteiger partial charge in [-0.15, -0.1) is 11.8 Å². The highest BCUT2D eigenvalue weighted by Gasteiger charge is 2.72. The predicted octanol–water partition coefficient (Wildman–Crippen LogP) is 3.64. The molecular weight excluding hydrogens is 526 g/mol. The fraction of sp³-hybridized carbons (Fsp3) is 0.581. The van der Waals surface area contributed by atoms with Crippen molar-refractivity contribution in [2.75, 3.05) is 42.6 Å². The van der Waals surface area contributed by atoms with Gasteiger partial charge in [0.15, 0.2) is 0 Å². The van der Waals surface area contributed by atoms with E-state index in [0.29, 0.717) is 13.0 Å². The number of rotatable bonds is 8. The van der Waals surface area contributed by atoms with Crippen molar-refractivity contribution >= 4 is 40.9 Å². The molecule has 0 radical (unpaired) electrons. The summed E-state index contributed by atoms with van der Waals surface area (Å²) in [7, 11) is 0. The monoisotopic (exact) mass is 567 g/mol. The number of benzene rings is 1. The number of nitrogens with zero attached hydrogens (tertiary/aromatic N) is 3. The quantitative estimate of drug-likeness (QED) is 0.379. The molecule has 216 valence electrons. The number of thioether (sulfide) groups is 1. The lowest BCUT2D eigenvalue weighted by molar-refractivity contribution is -0.153. The number of anilines is 2. The average molecular weight is 568 g/mol. The van der Waals surface area contributed by atoms with Crippen LogP contribution in [0.15, 0.2) is 48.6 Å². The Balaban J connectivity index is 1.60. The van der Waals surface area contributed by atoms with Crippen LogP contribution < -0.4 is 9.80 Å². The Bertz CT molecular complexity index is 1180. The van der Waals surface area contributed by atoms with Gasteiger partial charge >= 0.3 is 5.97 Å². The number of carbonyl (C=O) groups excluding carboxylic acids is 3. The largest absolute Gasteiger partial charge is 0.465 e. The maximum absolute atomic E-state index is 14.7. The predicted molar refractivity (Wildman–Crippen MR) is 158 cm³/mol. The number of likely N-dealkylation sites (tertiary alicyclic amines) is 1. The summed E-state index contributed by atoms with van der Waals surface area (Å²) < 4.78 is 4.63. The van der Waals surface area contributed by atoms with Crippen molar-refractivity contribution in [3.63, 3.8) is 0 Å². The Hall–Kier alpha value is -2.78. The lowest BCUT2D eigenvalue weighted by Gasteiger charge is -2.40. The van der Waals surface area contributed by atoms with Crippen molar-refractivity contribution in [3.05, 3.63) is 48.6 Å². The third-order valence-corrected chi connectivity index (χ3v) is 10.9. The van der Waals surface area contributed by atoms with Gasteiger partial charge in [-0.2, -0.15) is 0 Å². The first-order chi connectivity index (χ1) is 19.3. The van der Waals surface area contributed by atoms with Gasteiger partial charge in [-0.3, -0.25) is 14.4 Å². The number of fused-ring (bicyclic) bond motifs is 2. The molecule has 4 heterocycles. The van der Waals surface area contributed by atoms with E-state index in [9.17, 15) is 19.5 Å². The van der Waals surface area contributed by atoms with Crippen LogP contribution in [0.2, 0.25) is 0 Å². The molecule has 8 nitrogen and oxygen atoms in total. The fourth-order valence-electron chi connectivity index (χ4n) is 6.88. The van der Waals surface area contributed by atoms with Gasteiger partial charge in [0.25, 0.3) is 5.91 Å². The molecule has 0 aromatic heterocycles. The van der Waals surface area contributed by atoms with E-state index in [1.165, 1.54) is 11.8 Å². The molecule has 4 aliphatic rings. The Morgan fingerprint density at radius 2 is 1.82 bits per heavy atom. The van der Waals surface area contributed by atoms with Crippen molar-refractivity contribution in [3.8, 4) is 0 Å². The van der Waals surface area contributed by atoms with Gasteiger partial charge in [0.2, 0.25) is 5.91 Å². The van der Waals surface area contributed by atoms with E-state index in [4.69, 9.17) is 4.74 Å². The molecule has 0 aliphatic carbocycles. The molecule has 2 amide bonds. The zero-order chi connectivity index (χ0) is 28.6. The van der Waals surface area contributed by atoms with Gasteiger partial charge in [0.05, 0.1) is 35.8 Å². The number of hydrogen-bond donors (Lipinski definition) is 1. The fourth-order valence-corrected chi connectivity index (χ4v) is 8.87. The van der Waals surface area contributed by atoms with Crippen LogP contribution in [0.25, 0.3) is 0 Å².